The van der Waals surface area contributed by atoms with Crippen LogP contribution in [0.4, 0.5) is 5.69 Å². The summed E-state index contributed by atoms with van der Waals surface area (Å²) < 4.78 is 6.21. The third kappa shape index (κ3) is 5.09. The molecule has 0 aliphatic heterocycles. The quantitative estimate of drug-likeness (QED) is 0.771. The van der Waals surface area contributed by atoms with Gasteiger partial charge < -0.3 is 15.4 Å². The molecule has 0 saturated heterocycles. The van der Waals surface area contributed by atoms with Gasteiger partial charge in [0.25, 0.3) is 0 Å². The molecule has 0 bridgehead atoms. The van der Waals surface area contributed by atoms with Crippen LogP contribution in [-0.4, -0.2) is 31.8 Å². The van der Waals surface area contributed by atoms with E-state index in [1.54, 1.807) is 7.11 Å². The Labute approximate surface area is 129 Å². The predicted octanol–water partition coefficient (Wildman–Crippen LogP) is 3.19. The Morgan fingerprint density at radius 1 is 1.47 bits per heavy atom. The summed E-state index contributed by atoms with van der Waals surface area (Å²) >= 11 is 8.65. The lowest BCUT2D eigenvalue weighted by Crippen LogP contribution is -2.32. The number of hydrogen-bond donors (Lipinski definition) is 1. The van der Waals surface area contributed by atoms with E-state index in [0.717, 1.165) is 28.8 Å². The second-order valence-corrected chi connectivity index (χ2v) is 6.21. The highest BCUT2D eigenvalue weighted by Gasteiger charge is 2.14. The van der Waals surface area contributed by atoms with E-state index in [2.05, 4.69) is 40.7 Å². The van der Waals surface area contributed by atoms with Crippen LogP contribution in [0.1, 0.15) is 19.4 Å². The molecule has 2 N–H and O–H groups in total. The Bertz CT molecular complexity index is 437. The zero-order valence-electron chi connectivity index (χ0n) is 11.6. The van der Waals surface area contributed by atoms with Crippen LogP contribution in [0.3, 0.4) is 0 Å². The predicted molar refractivity (Wildman–Crippen MR) is 89.0 cm³/mol. The fourth-order valence-corrected chi connectivity index (χ4v) is 2.45. The third-order valence-corrected chi connectivity index (χ3v) is 3.43. The maximum absolute atomic E-state index is 5.82. The summed E-state index contributed by atoms with van der Waals surface area (Å²) in [6.07, 6.45) is 0. The molecule has 106 valence electrons. The van der Waals surface area contributed by atoms with Crippen molar-refractivity contribution in [2.45, 2.75) is 13.8 Å². The lowest BCUT2D eigenvalue weighted by atomic mass is 10.1. The maximum atomic E-state index is 5.82. The summed E-state index contributed by atoms with van der Waals surface area (Å²) in [5, 5.41) is 0. The van der Waals surface area contributed by atoms with Gasteiger partial charge in [-0.05, 0) is 24.1 Å². The molecule has 0 heterocycles. The van der Waals surface area contributed by atoms with Crippen LogP contribution in [0.15, 0.2) is 22.7 Å². The molecule has 0 spiro atoms. The first-order valence-electron chi connectivity index (χ1n) is 6.29. The lowest BCUT2D eigenvalue weighted by molar-refractivity contribution is 0.204. The van der Waals surface area contributed by atoms with Crippen LogP contribution in [0.5, 0.6) is 0 Å². The van der Waals surface area contributed by atoms with E-state index in [-0.39, 0.29) is 0 Å². The number of rotatable bonds is 7. The minimum Gasteiger partial charge on any atom is -0.389 e. The standard InChI is InChI=1S/C14H21BrN2OS/c1-10(2)9-17(6-7-18-3)13-8-11(15)4-5-12(13)14(16)19/h4-5,8,10H,6-7,9H2,1-3H3,(H2,16,19). The second kappa shape index (κ2) is 7.82. The van der Waals surface area contributed by atoms with Gasteiger partial charge in [0.2, 0.25) is 0 Å². The van der Waals surface area contributed by atoms with Gasteiger partial charge in [0.1, 0.15) is 4.99 Å². The van der Waals surface area contributed by atoms with Crippen LogP contribution in [-0.2, 0) is 4.74 Å². The molecule has 1 aromatic carbocycles. The number of halogens is 1. The largest absolute Gasteiger partial charge is 0.389 e. The molecule has 19 heavy (non-hydrogen) atoms. The summed E-state index contributed by atoms with van der Waals surface area (Å²) in [6.45, 7) is 6.82. The fourth-order valence-electron chi connectivity index (χ4n) is 1.93. The Morgan fingerprint density at radius 3 is 2.68 bits per heavy atom. The van der Waals surface area contributed by atoms with E-state index in [9.17, 15) is 0 Å². The van der Waals surface area contributed by atoms with Crippen molar-refractivity contribution < 1.29 is 4.74 Å². The molecule has 0 fully saturated rings. The molecule has 0 atom stereocenters. The summed E-state index contributed by atoms with van der Waals surface area (Å²) in [7, 11) is 1.71. The first-order chi connectivity index (χ1) is 8.95. The monoisotopic (exact) mass is 344 g/mol. The third-order valence-electron chi connectivity index (χ3n) is 2.72. The van der Waals surface area contributed by atoms with Gasteiger partial charge in [-0.15, -0.1) is 0 Å². The summed E-state index contributed by atoms with van der Waals surface area (Å²) in [6, 6.07) is 5.98. The molecule has 0 aliphatic carbocycles. The first kappa shape index (κ1) is 16.4. The minimum atomic E-state index is 0.425. The van der Waals surface area contributed by atoms with Crippen LogP contribution in [0.2, 0.25) is 0 Å². The van der Waals surface area contributed by atoms with Gasteiger partial charge in [-0.2, -0.15) is 0 Å². The highest BCUT2D eigenvalue weighted by Crippen LogP contribution is 2.26. The van der Waals surface area contributed by atoms with Crippen molar-refractivity contribution in [1.29, 1.82) is 0 Å². The minimum absolute atomic E-state index is 0.425. The van der Waals surface area contributed by atoms with Gasteiger partial charge in [0.15, 0.2) is 0 Å². The summed E-state index contributed by atoms with van der Waals surface area (Å²) in [5.74, 6) is 0.551. The van der Waals surface area contributed by atoms with Crippen LogP contribution < -0.4 is 10.6 Å². The maximum Gasteiger partial charge on any atom is 0.106 e. The number of anilines is 1. The van der Waals surface area contributed by atoms with E-state index in [1.165, 1.54) is 0 Å². The molecular formula is C14H21BrN2OS. The highest BCUT2D eigenvalue weighted by molar-refractivity contribution is 9.10. The highest BCUT2D eigenvalue weighted by atomic mass is 79.9. The molecule has 0 saturated carbocycles. The van der Waals surface area contributed by atoms with Crippen molar-refractivity contribution in [1.82, 2.24) is 0 Å². The zero-order chi connectivity index (χ0) is 14.4. The van der Waals surface area contributed by atoms with Gasteiger partial charge in [0.05, 0.1) is 6.61 Å². The molecule has 1 aromatic rings. The van der Waals surface area contributed by atoms with Gasteiger partial charge >= 0.3 is 0 Å². The van der Waals surface area contributed by atoms with Gasteiger partial charge in [-0.1, -0.05) is 42.0 Å². The topological polar surface area (TPSA) is 38.5 Å². The lowest BCUT2D eigenvalue weighted by Gasteiger charge is -2.28. The van der Waals surface area contributed by atoms with Gasteiger partial charge in [-0.25, -0.2) is 0 Å². The van der Waals surface area contributed by atoms with E-state index < -0.39 is 0 Å². The summed E-state index contributed by atoms with van der Waals surface area (Å²) in [4.78, 5) is 2.70. The van der Waals surface area contributed by atoms with Crippen molar-refractivity contribution in [3.05, 3.63) is 28.2 Å². The molecule has 0 aromatic heterocycles. The number of ether oxygens (including phenoxy) is 1. The Kier molecular flexibility index (Phi) is 6.75. The number of nitrogens with two attached hydrogens (primary N) is 1. The average molecular weight is 345 g/mol. The normalized spacial score (nSPS) is 10.8. The number of hydrogen-bond acceptors (Lipinski definition) is 3. The molecule has 0 aliphatic rings. The van der Waals surface area contributed by atoms with Gasteiger partial charge in [-0.3, -0.25) is 0 Å². The van der Waals surface area contributed by atoms with Gasteiger partial charge in [0, 0.05) is 35.9 Å². The van der Waals surface area contributed by atoms with E-state index >= 15 is 0 Å². The average Bonchev–Trinajstić information content (AvgIpc) is 2.33. The van der Waals surface area contributed by atoms with Crippen molar-refractivity contribution in [2.24, 2.45) is 11.7 Å². The molecule has 0 radical (unpaired) electrons. The van der Waals surface area contributed by atoms with Crippen LogP contribution in [0, 0.1) is 5.92 Å². The number of thiocarbonyl (C=S) groups is 1. The van der Waals surface area contributed by atoms with E-state index in [1.807, 2.05) is 12.1 Å². The number of methoxy groups -OCH3 is 1. The van der Waals surface area contributed by atoms with Crippen molar-refractivity contribution >= 4 is 38.8 Å². The van der Waals surface area contributed by atoms with E-state index in [4.69, 9.17) is 22.7 Å². The summed E-state index contributed by atoms with van der Waals surface area (Å²) in [5.41, 5.74) is 7.79. The van der Waals surface area contributed by atoms with Crippen LogP contribution in [0.25, 0.3) is 0 Å². The smallest absolute Gasteiger partial charge is 0.106 e. The zero-order valence-corrected chi connectivity index (χ0v) is 14.1. The molecule has 1 rings (SSSR count). The van der Waals surface area contributed by atoms with Crippen molar-refractivity contribution in [3.63, 3.8) is 0 Å². The Balaban J connectivity index is 3.11. The molecule has 3 nitrogen and oxygen atoms in total. The van der Waals surface area contributed by atoms with E-state index in [0.29, 0.717) is 17.5 Å². The second-order valence-electron chi connectivity index (χ2n) is 4.86. The molecule has 5 heteroatoms. The van der Waals surface area contributed by atoms with Crippen LogP contribution >= 0.6 is 28.1 Å². The van der Waals surface area contributed by atoms with Crippen molar-refractivity contribution in [3.8, 4) is 0 Å². The number of benzene rings is 1. The SMILES string of the molecule is COCCN(CC(C)C)c1cc(Br)ccc1C(N)=S. The Morgan fingerprint density at radius 2 is 2.16 bits per heavy atom. The van der Waals surface area contributed by atoms with Crippen molar-refractivity contribution in [2.75, 3.05) is 31.7 Å². The molecule has 0 unspecified atom stereocenters. The first-order valence-corrected chi connectivity index (χ1v) is 7.49. The fraction of sp³-hybridized carbons (Fsp3) is 0.500. The Hall–Kier alpha value is -0.650. The molecule has 0 amide bonds. The molecular weight excluding hydrogens is 324 g/mol. The number of nitrogens with zero attached hydrogens (tertiary/aromatic N) is 1.